The summed E-state index contributed by atoms with van der Waals surface area (Å²) in [6, 6.07) is 9.88. The summed E-state index contributed by atoms with van der Waals surface area (Å²) in [5.41, 5.74) is 0.274. The molecule has 2 unspecified atom stereocenters. The average molecular weight is 206 g/mol. The Morgan fingerprint density at radius 3 is 2.64 bits per heavy atom. The molecular weight excluding hydrogens is 192 g/mol. The van der Waals surface area contributed by atoms with Crippen molar-refractivity contribution in [3.63, 3.8) is 0 Å². The Bertz CT molecular complexity index is 321. The second-order valence-corrected chi connectivity index (χ2v) is 4.86. The van der Waals surface area contributed by atoms with Crippen molar-refractivity contribution >= 4 is 11.8 Å². The molecule has 74 valence electrons. The summed E-state index contributed by atoms with van der Waals surface area (Å²) in [6.45, 7) is 1.90. The summed E-state index contributed by atoms with van der Waals surface area (Å²) < 4.78 is 0. The van der Waals surface area contributed by atoms with Gasteiger partial charge in [-0.15, -0.1) is 11.8 Å². The largest absolute Gasteiger partial charge is 0.384 e. The van der Waals surface area contributed by atoms with E-state index in [0.717, 1.165) is 12.0 Å². The van der Waals surface area contributed by atoms with Gasteiger partial charge in [0, 0.05) is 5.25 Å². The molecule has 1 nitrogen and oxygen atoms in total. The van der Waals surface area contributed by atoms with Crippen LogP contribution in [0.4, 0.5) is 0 Å². The summed E-state index contributed by atoms with van der Waals surface area (Å²) >= 11 is 1.71. The Labute approximate surface area is 88.8 Å². The maximum atomic E-state index is 10.4. The molecule has 0 aliphatic carbocycles. The van der Waals surface area contributed by atoms with Crippen LogP contribution in [0.5, 0.6) is 0 Å². The highest BCUT2D eigenvalue weighted by atomic mass is 32.2. The molecule has 2 heteroatoms. The third-order valence-electron chi connectivity index (χ3n) is 2.67. The maximum absolute atomic E-state index is 10.4. The topological polar surface area (TPSA) is 20.2 Å². The maximum Gasteiger partial charge on any atom is 0.0992 e. The summed E-state index contributed by atoms with van der Waals surface area (Å²) in [5.74, 6) is 0. The molecule has 0 amide bonds. The zero-order valence-electron chi connectivity index (χ0n) is 8.18. The quantitative estimate of drug-likeness (QED) is 0.803. The van der Waals surface area contributed by atoms with Crippen LogP contribution in [0.15, 0.2) is 41.8 Å². The van der Waals surface area contributed by atoms with E-state index in [-0.39, 0.29) is 5.25 Å². The first-order chi connectivity index (χ1) is 6.71. The Balaban J connectivity index is 2.23. The third-order valence-corrected chi connectivity index (χ3v) is 4.00. The minimum atomic E-state index is -0.727. The molecule has 1 aliphatic rings. The number of aliphatic hydroxyl groups is 1. The van der Waals surface area contributed by atoms with Crippen LogP contribution in [0.2, 0.25) is 0 Å². The highest BCUT2D eigenvalue weighted by Gasteiger charge is 2.34. The summed E-state index contributed by atoms with van der Waals surface area (Å²) in [6.07, 6.45) is 3.07. The molecule has 1 aromatic carbocycles. The van der Waals surface area contributed by atoms with Crippen LogP contribution >= 0.6 is 11.8 Å². The third kappa shape index (κ3) is 1.72. The lowest BCUT2D eigenvalue weighted by Gasteiger charge is -2.29. The summed E-state index contributed by atoms with van der Waals surface area (Å²) in [5, 5.41) is 12.8. The minimum absolute atomic E-state index is 0.255. The van der Waals surface area contributed by atoms with E-state index in [1.54, 1.807) is 11.8 Å². The van der Waals surface area contributed by atoms with Gasteiger partial charge in [0.1, 0.15) is 0 Å². The van der Waals surface area contributed by atoms with Gasteiger partial charge in [-0.1, -0.05) is 36.4 Å². The van der Waals surface area contributed by atoms with Crippen LogP contribution < -0.4 is 0 Å². The van der Waals surface area contributed by atoms with Gasteiger partial charge in [0.15, 0.2) is 0 Å². The van der Waals surface area contributed by atoms with Crippen LogP contribution in [-0.2, 0) is 5.60 Å². The Morgan fingerprint density at radius 2 is 2.07 bits per heavy atom. The van der Waals surface area contributed by atoms with Gasteiger partial charge < -0.3 is 5.11 Å². The van der Waals surface area contributed by atoms with Crippen molar-refractivity contribution in [3.8, 4) is 0 Å². The highest BCUT2D eigenvalue weighted by Crippen LogP contribution is 2.38. The van der Waals surface area contributed by atoms with E-state index in [2.05, 4.69) is 11.5 Å². The molecule has 0 saturated carbocycles. The fraction of sp³-hybridized carbons (Fsp3) is 0.333. The van der Waals surface area contributed by atoms with Crippen LogP contribution in [-0.4, -0.2) is 10.4 Å². The van der Waals surface area contributed by atoms with Crippen molar-refractivity contribution in [2.45, 2.75) is 24.2 Å². The molecule has 2 atom stereocenters. The number of hydrogen-bond acceptors (Lipinski definition) is 2. The number of benzene rings is 1. The fourth-order valence-electron chi connectivity index (χ4n) is 1.71. The van der Waals surface area contributed by atoms with Crippen molar-refractivity contribution in [1.29, 1.82) is 0 Å². The predicted molar refractivity (Wildman–Crippen MR) is 61.1 cm³/mol. The summed E-state index contributed by atoms with van der Waals surface area (Å²) in [4.78, 5) is 0. The molecule has 1 aliphatic heterocycles. The van der Waals surface area contributed by atoms with Gasteiger partial charge in [0.05, 0.1) is 5.60 Å². The SMILES string of the molecule is CC(O)(c1ccccc1)C1CC=CS1. The fourth-order valence-corrected chi connectivity index (χ4v) is 2.74. The first kappa shape index (κ1) is 9.81. The van der Waals surface area contributed by atoms with Gasteiger partial charge >= 0.3 is 0 Å². The molecule has 14 heavy (non-hydrogen) atoms. The second kappa shape index (κ2) is 3.79. The van der Waals surface area contributed by atoms with Gasteiger partial charge in [-0.2, -0.15) is 0 Å². The second-order valence-electron chi connectivity index (χ2n) is 3.75. The predicted octanol–water partition coefficient (Wildman–Crippen LogP) is 2.91. The molecule has 0 bridgehead atoms. The van der Waals surface area contributed by atoms with Gasteiger partial charge in [-0.05, 0) is 24.3 Å². The van der Waals surface area contributed by atoms with E-state index >= 15 is 0 Å². The average Bonchev–Trinajstić information content (AvgIpc) is 2.72. The molecule has 1 N–H and O–H groups in total. The Hall–Kier alpha value is -0.730. The number of rotatable bonds is 2. The van der Waals surface area contributed by atoms with Gasteiger partial charge in [0.2, 0.25) is 0 Å². The van der Waals surface area contributed by atoms with Gasteiger partial charge in [-0.25, -0.2) is 0 Å². The molecule has 0 aromatic heterocycles. The minimum Gasteiger partial charge on any atom is -0.384 e. The van der Waals surface area contributed by atoms with E-state index in [0.29, 0.717) is 0 Å². The molecule has 2 rings (SSSR count). The lowest BCUT2D eigenvalue weighted by Crippen LogP contribution is -2.32. The zero-order chi connectivity index (χ0) is 10.0. The molecular formula is C12H14OS. The van der Waals surface area contributed by atoms with E-state index in [4.69, 9.17) is 0 Å². The first-order valence-corrected chi connectivity index (χ1v) is 5.74. The molecule has 1 heterocycles. The van der Waals surface area contributed by atoms with Crippen molar-refractivity contribution in [1.82, 2.24) is 0 Å². The van der Waals surface area contributed by atoms with Gasteiger partial charge in [-0.3, -0.25) is 0 Å². The van der Waals surface area contributed by atoms with Crippen molar-refractivity contribution in [2.75, 3.05) is 0 Å². The lowest BCUT2D eigenvalue weighted by molar-refractivity contribution is 0.0560. The van der Waals surface area contributed by atoms with Crippen LogP contribution in [0.1, 0.15) is 18.9 Å². The molecule has 0 fully saturated rings. The molecule has 0 radical (unpaired) electrons. The van der Waals surface area contributed by atoms with Crippen molar-refractivity contribution in [3.05, 3.63) is 47.4 Å². The Morgan fingerprint density at radius 1 is 1.36 bits per heavy atom. The van der Waals surface area contributed by atoms with E-state index in [1.165, 1.54) is 0 Å². The number of thioether (sulfide) groups is 1. The number of hydrogen-bond donors (Lipinski definition) is 1. The standard InChI is InChI=1S/C12H14OS/c1-12(13,11-8-5-9-14-11)10-6-3-2-4-7-10/h2-7,9,11,13H,8H2,1H3. The zero-order valence-corrected chi connectivity index (χ0v) is 9.00. The first-order valence-electron chi connectivity index (χ1n) is 4.79. The monoisotopic (exact) mass is 206 g/mol. The van der Waals surface area contributed by atoms with Crippen molar-refractivity contribution in [2.24, 2.45) is 0 Å². The van der Waals surface area contributed by atoms with Crippen LogP contribution in [0.3, 0.4) is 0 Å². The molecule has 0 spiro atoms. The molecule has 1 aromatic rings. The smallest absolute Gasteiger partial charge is 0.0992 e. The summed E-state index contributed by atoms with van der Waals surface area (Å²) in [7, 11) is 0. The van der Waals surface area contributed by atoms with Crippen LogP contribution in [0, 0.1) is 0 Å². The van der Waals surface area contributed by atoms with E-state index < -0.39 is 5.60 Å². The highest BCUT2D eigenvalue weighted by molar-refractivity contribution is 8.03. The van der Waals surface area contributed by atoms with Gasteiger partial charge in [0.25, 0.3) is 0 Å². The Kier molecular flexibility index (Phi) is 2.66. The lowest BCUT2D eigenvalue weighted by atomic mass is 9.91. The van der Waals surface area contributed by atoms with E-state index in [1.807, 2.05) is 37.3 Å². The normalized spacial score (nSPS) is 24.9. The molecule has 0 saturated heterocycles. The van der Waals surface area contributed by atoms with Crippen molar-refractivity contribution < 1.29 is 5.11 Å². The van der Waals surface area contributed by atoms with Crippen LogP contribution in [0.25, 0.3) is 0 Å². The van der Waals surface area contributed by atoms with E-state index in [9.17, 15) is 5.11 Å². The number of allylic oxidation sites excluding steroid dienone is 1.